The van der Waals surface area contributed by atoms with Crippen molar-refractivity contribution in [2.24, 2.45) is 0 Å². The molecular formula is C24H35N5O5S. The van der Waals surface area contributed by atoms with Gasteiger partial charge in [-0.05, 0) is 56.9 Å². The van der Waals surface area contributed by atoms with Crippen LogP contribution in [0.2, 0.25) is 0 Å². The van der Waals surface area contributed by atoms with E-state index in [1.54, 1.807) is 12.1 Å². The summed E-state index contributed by atoms with van der Waals surface area (Å²) in [4.78, 5) is 23.9. The summed E-state index contributed by atoms with van der Waals surface area (Å²) in [5.41, 5.74) is 2.05. The molecule has 0 radical (unpaired) electrons. The summed E-state index contributed by atoms with van der Waals surface area (Å²) >= 11 is 0. The second-order valence-electron chi connectivity index (χ2n) is 9.27. The number of anilines is 2. The number of aliphatic hydroxyl groups excluding tert-OH is 1. The van der Waals surface area contributed by atoms with Gasteiger partial charge in [0, 0.05) is 43.3 Å². The van der Waals surface area contributed by atoms with Gasteiger partial charge in [0.2, 0.25) is 0 Å². The van der Waals surface area contributed by atoms with E-state index >= 15 is 0 Å². The average molecular weight is 506 g/mol. The van der Waals surface area contributed by atoms with E-state index in [1.165, 1.54) is 6.26 Å². The number of aliphatic hydroxyl groups is 1. The molecule has 2 heterocycles. The summed E-state index contributed by atoms with van der Waals surface area (Å²) in [6.07, 6.45) is 4.28. The zero-order valence-electron chi connectivity index (χ0n) is 20.2. The number of hydrogen-bond acceptors (Lipinski definition) is 8. The molecule has 4 rings (SSSR count). The molecule has 11 heteroatoms. The van der Waals surface area contributed by atoms with Crippen molar-refractivity contribution < 1.29 is 23.7 Å². The first-order valence-electron chi connectivity index (χ1n) is 12.0. The van der Waals surface area contributed by atoms with Gasteiger partial charge in [-0.1, -0.05) is 0 Å². The Bertz CT molecular complexity index is 1030. The van der Waals surface area contributed by atoms with Gasteiger partial charge in [0.25, 0.3) is 0 Å². The number of carbonyl (C=O) groups is 1. The van der Waals surface area contributed by atoms with Crippen molar-refractivity contribution in [3.63, 3.8) is 0 Å². The number of carbonyl (C=O) groups excluding carboxylic acids is 1. The molecular weight excluding hydrogens is 470 g/mol. The Morgan fingerprint density at radius 1 is 1.26 bits per heavy atom. The van der Waals surface area contributed by atoms with Crippen molar-refractivity contribution in [3.05, 3.63) is 36.0 Å². The first-order valence-corrected chi connectivity index (χ1v) is 13.9. The van der Waals surface area contributed by atoms with Gasteiger partial charge in [-0.2, -0.15) is 10.6 Å². The van der Waals surface area contributed by atoms with Crippen LogP contribution < -0.4 is 15.5 Å². The smallest absolute Gasteiger partial charge is 0.319 e. The Balaban J connectivity index is 1.65. The fraction of sp³-hybridized carbons (Fsp3) is 0.542. The number of urea groups is 1. The molecule has 1 saturated carbocycles. The van der Waals surface area contributed by atoms with Gasteiger partial charge in [0.1, 0.15) is 10.6 Å². The molecule has 2 fully saturated rings. The zero-order chi connectivity index (χ0) is 25.1. The monoisotopic (exact) mass is 505 g/mol. The summed E-state index contributed by atoms with van der Waals surface area (Å²) in [5, 5.41) is 14.3. The highest BCUT2D eigenvalue weighted by molar-refractivity contribution is 8.24. The fourth-order valence-corrected chi connectivity index (χ4v) is 6.07. The van der Waals surface area contributed by atoms with Crippen LogP contribution >= 0.6 is 10.6 Å². The van der Waals surface area contributed by atoms with Crippen molar-refractivity contribution >= 4 is 28.1 Å². The minimum absolute atomic E-state index is 0.0216. The SMILES string of the molecule is C[C@H]1COCCN1c1cc(C2(S(C)(O)O)CCC2)nc(-c2ccc(NC(=O)NCCCO)cc2)n1. The van der Waals surface area contributed by atoms with Gasteiger partial charge in [0.05, 0.1) is 24.9 Å². The maximum absolute atomic E-state index is 12.0. The van der Waals surface area contributed by atoms with E-state index in [4.69, 9.17) is 19.8 Å². The molecule has 1 atom stereocenters. The van der Waals surface area contributed by atoms with Crippen LogP contribution in [-0.4, -0.2) is 75.4 Å². The van der Waals surface area contributed by atoms with Crippen LogP contribution in [0.15, 0.2) is 30.3 Å². The molecule has 1 aromatic heterocycles. The Morgan fingerprint density at radius 3 is 2.60 bits per heavy atom. The van der Waals surface area contributed by atoms with Crippen LogP contribution in [0.1, 0.15) is 38.3 Å². The van der Waals surface area contributed by atoms with Crippen LogP contribution in [0, 0.1) is 0 Å². The number of nitrogens with one attached hydrogen (secondary N) is 2. The van der Waals surface area contributed by atoms with Gasteiger partial charge >= 0.3 is 6.03 Å². The van der Waals surface area contributed by atoms with E-state index < -0.39 is 15.3 Å². The highest BCUT2D eigenvalue weighted by atomic mass is 32.3. The molecule has 2 aromatic rings. The molecule has 5 N–H and O–H groups in total. The van der Waals surface area contributed by atoms with E-state index in [0.29, 0.717) is 62.8 Å². The molecule has 0 bridgehead atoms. The van der Waals surface area contributed by atoms with Gasteiger partial charge in [-0.3, -0.25) is 9.11 Å². The molecule has 0 spiro atoms. The van der Waals surface area contributed by atoms with Crippen LogP contribution in [-0.2, 0) is 9.48 Å². The lowest BCUT2D eigenvalue weighted by Gasteiger charge is -2.53. The lowest BCUT2D eigenvalue weighted by Crippen LogP contribution is -2.45. The van der Waals surface area contributed by atoms with Gasteiger partial charge < -0.3 is 25.4 Å². The van der Waals surface area contributed by atoms with E-state index in [9.17, 15) is 13.9 Å². The van der Waals surface area contributed by atoms with Crippen molar-refractivity contribution in [3.8, 4) is 11.4 Å². The highest BCUT2D eigenvalue weighted by Gasteiger charge is 2.49. The van der Waals surface area contributed by atoms with Crippen molar-refractivity contribution in [2.75, 3.05) is 49.4 Å². The standard InChI is InChI=1S/C24H35N5O5S/c1-17-16-34-14-12-29(17)21-15-20(24(9-3-10-24)35(2,32)33)27-22(28-21)18-5-7-19(8-6-18)26-23(31)25-11-4-13-30/h5-8,15,17,30,32-33H,3-4,9-14,16H2,1-2H3,(H2,25,26,31)/t17-/m0/s1. The first-order chi connectivity index (χ1) is 16.7. The molecule has 2 aliphatic rings. The minimum Gasteiger partial charge on any atom is -0.396 e. The Labute approximate surface area is 207 Å². The maximum atomic E-state index is 12.0. The summed E-state index contributed by atoms with van der Waals surface area (Å²) < 4.78 is 26.3. The molecule has 10 nitrogen and oxygen atoms in total. The lowest BCUT2D eigenvalue weighted by atomic mass is 9.81. The third kappa shape index (κ3) is 5.54. The summed E-state index contributed by atoms with van der Waals surface area (Å²) in [6, 6.07) is 8.94. The predicted molar refractivity (Wildman–Crippen MR) is 138 cm³/mol. The first kappa shape index (κ1) is 25.6. The topological polar surface area (TPSA) is 140 Å². The number of amides is 2. The lowest BCUT2D eigenvalue weighted by molar-refractivity contribution is 0.0985. The molecule has 1 aliphatic carbocycles. The number of nitrogens with zero attached hydrogens (tertiary/aromatic N) is 3. The zero-order valence-corrected chi connectivity index (χ0v) is 21.1. The number of ether oxygens (including phenoxy) is 1. The molecule has 35 heavy (non-hydrogen) atoms. The summed E-state index contributed by atoms with van der Waals surface area (Å²) in [7, 11) is -2.87. The van der Waals surface area contributed by atoms with Crippen LogP contribution in [0.25, 0.3) is 11.4 Å². The third-order valence-electron chi connectivity index (χ3n) is 6.76. The van der Waals surface area contributed by atoms with E-state index in [2.05, 4.69) is 22.5 Å². The molecule has 1 saturated heterocycles. The number of benzene rings is 1. The van der Waals surface area contributed by atoms with Gasteiger partial charge in [-0.15, -0.1) is 0 Å². The van der Waals surface area contributed by atoms with Crippen LogP contribution in [0.3, 0.4) is 0 Å². The fourth-order valence-electron chi connectivity index (χ4n) is 4.51. The van der Waals surface area contributed by atoms with Gasteiger partial charge in [0.15, 0.2) is 5.82 Å². The van der Waals surface area contributed by atoms with Crippen LogP contribution in [0.5, 0.6) is 0 Å². The Hall–Kier alpha value is -2.44. The normalized spacial score (nSPS) is 20.1. The van der Waals surface area contributed by atoms with Gasteiger partial charge in [-0.25, -0.2) is 14.8 Å². The highest BCUT2D eigenvalue weighted by Crippen LogP contribution is 2.65. The summed E-state index contributed by atoms with van der Waals surface area (Å²) in [5.74, 6) is 1.26. The molecule has 1 aromatic carbocycles. The second kappa shape index (κ2) is 10.7. The largest absolute Gasteiger partial charge is 0.396 e. The summed E-state index contributed by atoms with van der Waals surface area (Å²) in [6.45, 7) is 4.40. The molecule has 1 aliphatic heterocycles. The average Bonchev–Trinajstić information content (AvgIpc) is 2.78. The molecule has 2 amide bonds. The minimum atomic E-state index is -2.87. The Kier molecular flexibility index (Phi) is 7.82. The quantitative estimate of drug-likeness (QED) is 0.343. The number of aromatic nitrogens is 2. The molecule has 0 unspecified atom stereocenters. The number of rotatable bonds is 8. The maximum Gasteiger partial charge on any atom is 0.319 e. The predicted octanol–water partition coefficient (Wildman–Crippen LogP) is 3.63. The van der Waals surface area contributed by atoms with Crippen LogP contribution in [0.4, 0.5) is 16.3 Å². The Morgan fingerprint density at radius 2 is 2.00 bits per heavy atom. The van der Waals surface area contributed by atoms with Crippen molar-refractivity contribution in [1.29, 1.82) is 0 Å². The van der Waals surface area contributed by atoms with E-state index in [0.717, 1.165) is 17.8 Å². The van der Waals surface area contributed by atoms with Crippen molar-refractivity contribution in [2.45, 2.75) is 43.4 Å². The van der Waals surface area contributed by atoms with Crippen molar-refractivity contribution in [1.82, 2.24) is 15.3 Å². The van der Waals surface area contributed by atoms with E-state index in [1.807, 2.05) is 18.2 Å². The van der Waals surface area contributed by atoms with E-state index in [-0.39, 0.29) is 18.7 Å². The third-order valence-corrected chi connectivity index (χ3v) is 8.86. The molecule has 192 valence electrons. The number of hydrogen-bond donors (Lipinski definition) is 5. The second-order valence-corrected chi connectivity index (χ2v) is 11.7. The number of morpholine rings is 1.